The van der Waals surface area contributed by atoms with Crippen molar-refractivity contribution in [1.82, 2.24) is 4.90 Å². The Kier molecular flexibility index (Phi) is 5.08. The van der Waals surface area contributed by atoms with Gasteiger partial charge in [-0.3, -0.25) is 4.79 Å². The SMILES string of the molecule is CCOC(=O)N1C(=O)C2(CCCCCC2)N(c2ccc(C)cc2)C1=S. The van der Waals surface area contributed by atoms with E-state index < -0.39 is 11.6 Å². The van der Waals surface area contributed by atoms with Crippen molar-refractivity contribution >= 4 is 35.0 Å². The molecule has 2 fully saturated rings. The quantitative estimate of drug-likeness (QED) is 0.741. The number of amides is 2. The lowest BCUT2D eigenvalue weighted by atomic mass is 9.88. The molecular formula is C19H24N2O3S. The molecule has 1 saturated carbocycles. The number of carbonyl (C=O) groups excluding carboxylic acids is 2. The van der Waals surface area contributed by atoms with Crippen LogP contribution >= 0.6 is 12.2 Å². The number of aryl methyl sites for hydroxylation is 1. The largest absolute Gasteiger partial charge is 0.449 e. The summed E-state index contributed by atoms with van der Waals surface area (Å²) in [6.07, 6.45) is 4.84. The molecule has 25 heavy (non-hydrogen) atoms. The Morgan fingerprint density at radius 2 is 1.76 bits per heavy atom. The van der Waals surface area contributed by atoms with Gasteiger partial charge in [-0.1, -0.05) is 43.4 Å². The Bertz CT molecular complexity index is 678. The molecule has 3 rings (SSSR count). The molecule has 0 atom stereocenters. The number of anilines is 1. The van der Waals surface area contributed by atoms with Gasteiger partial charge in [0, 0.05) is 5.69 Å². The fourth-order valence-electron chi connectivity index (χ4n) is 3.83. The van der Waals surface area contributed by atoms with E-state index in [1.54, 1.807) is 6.92 Å². The van der Waals surface area contributed by atoms with Gasteiger partial charge in [-0.05, 0) is 51.0 Å². The second-order valence-electron chi connectivity index (χ2n) is 6.74. The van der Waals surface area contributed by atoms with Crippen LogP contribution in [-0.4, -0.2) is 34.2 Å². The number of benzene rings is 1. The van der Waals surface area contributed by atoms with E-state index in [0.29, 0.717) is 12.8 Å². The van der Waals surface area contributed by atoms with Gasteiger partial charge in [-0.25, -0.2) is 4.79 Å². The average molecular weight is 360 g/mol. The lowest BCUT2D eigenvalue weighted by Crippen LogP contribution is -2.49. The second kappa shape index (κ2) is 7.12. The summed E-state index contributed by atoms with van der Waals surface area (Å²) in [6.45, 7) is 3.95. The van der Waals surface area contributed by atoms with E-state index in [4.69, 9.17) is 17.0 Å². The zero-order valence-electron chi connectivity index (χ0n) is 14.8. The third-order valence-electron chi connectivity index (χ3n) is 5.09. The first kappa shape index (κ1) is 17.9. The van der Waals surface area contributed by atoms with Gasteiger partial charge in [0.2, 0.25) is 0 Å². The summed E-state index contributed by atoms with van der Waals surface area (Å²) < 4.78 is 5.09. The highest BCUT2D eigenvalue weighted by molar-refractivity contribution is 7.80. The van der Waals surface area contributed by atoms with E-state index in [1.165, 1.54) is 0 Å². The van der Waals surface area contributed by atoms with Gasteiger partial charge in [0.1, 0.15) is 5.54 Å². The minimum atomic E-state index is -0.768. The van der Waals surface area contributed by atoms with E-state index in [0.717, 1.165) is 41.8 Å². The van der Waals surface area contributed by atoms with Crippen molar-refractivity contribution in [2.24, 2.45) is 0 Å². The summed E-state index contributed by atoms with van der Waals surface area (Å²) >= 11 is 5.57. The molecule has 2 amide bonds. The van der Waals surface area contributed by atoms with Crippen LogP contribution in [0.25, 0.3) is 0 Å². The van der Waals surface area contributed by atoms with Crippen LogP contribution < -0.4 is 4.90 Å². The third kappa shape index (κ3) is 3.03. The molecule has 0 bridgehead atoms. The van der Waals surface area contributed by atoms with Crippen LogP contribution in [0.1, 0.15) is 51.0 Å². The zero-order chi connectivity index (χ0) is 18.0. The van der Waals surface area contributed by atoms with Crippen molar-refractivity contribution in [1.29, 1.82) is 0 Å². The van der Waals surface area contributed by atoms with Crippen LogP contribution in [0.4, 0.5) is 10.5 Å². The monoisotopic (exact) mass is 360 g/mol. The predicted molar refractivity (Wildman–Crippen MR) is 101 cm³/mol. The summed E-state index contributed by atoms with van der Waals surface area (Å²) in [5.41, 5.74) is 1.23. The van der Waals surface area contributed by atoms with E-state index in [1.807, 2.05) is 36.1 Å². The molecule has 5 nitrogen and oxygen atoms in total. The second-order valence-corrected chi connectivity index (χ2v) is 7.10. The molecule has 1 aliphatic carbocycles. The van der Waals surface area contributed by atoms with Crippen molar-refractivity contribution in [3.05, 3.63) is 29.8 Å². The van der Waals surface area contributed by atoms with Gasteiger partial charge in [-0.15, -0.1) is 0 Å². The summed E-state index contributed by atoms with van der Waals surface area (Å²) in [4.78, 5) is 28.6. The van der Waals surface area contributed by atoms with E-state index in [9.17, 15) is 9.59 Å². The average Bonchev–Trinajstić information content (AvgIpc) is 2.75. The Morgan fingerprint density at radius 1 is 1.16 bits per heavy atom. The summed E-state index contributed by atoms with van der Waals surface area (Å²) in [7, 11) is 0. The van der Waals surface area contributed by atoms with Crippen LogP contribution in [0.15, 0.2) is 24.3 Å². The van der Waals surface area contributed by atoms with Gasteiger partial charge in [0.15, 0.2) is 5.11 Å². The maximum atomic E-state index is 13.3. The normalized spacial score (nSPS) is 20.1. The number of thiocarbonyl (C=S) groups is 1. The van der Waals surface area contributed by atoms with Crippen LogP contribution in [0.2, 0.25) is 0 Å². The van der Waals surface area contributed by atoms with Gasteiger partial charge >= 0.3 is 6.09 Å². The lowest BCUT2D eigenvalue weighted by molar-refractivity contribution is -0.129. The molecule has 6 heteroatoms. The molecule has 0 unspecified atom stereocenters. The van der Waals surface area contributed by atoms with E-state index in [-0.39, 0.29) is 17.6 Å². The molecule has 1 spiro atoms. The van der Waals surface area contributed by atoms with Crippen molar-refractivity contribution in [2.45, 2.75) is 57.9 Å². The van der Waals surface area contributed by atoms with Crippen molar-refractivity contribution in [2.75, 3.05) is 11.5 Å². The van der Waals surface area contributed by atoms with Gasteiger partial charge < -0.3 is 9.64 Å². The van der Waals surface area contributed by atoms with E-state index >= 15 is 0 Å². The first-order valence-corrected chi connectivity index (χ1v) is 9.34. The molecule has 1 saturated heterocycles. The van der Waals surface area contributed by atoms with Crippen molar-refractivity contribution in [3.8, 4) is 0 Å². The highest BCUT2D eigenvalue weighted by Crippen LogP contribution is 2.42. The van der Waals surface area contributed by atoms with Crippen molar-refractivity contribution < 1.29 is 14.3 Å². The van der Waals surface area contributed by atoms with Crippen LogP contribution in [-0.2, 0) is 9.53 Å². The van der Waals surface area contributed by atoms with Crippen LogP contribution in [0.5, 0.6) is 0 Å². The maximum Gasteiger partial charge on any atom is 0.423 e. The number of ether oxygens (including phenoxy) is 1. The highest BCUT2D eigenvalue weighted by Gasteiger charge is 2.57. The van der Waals surface area contributed by atoms with E-state index in [2.05, 4.69) is 0 Å². The molecule has 0 N–H and O–H groups in total. The smallest absolute Gasteiger partial charge is 0.423 e. The number of rotatable bonds is 2. The standard InChI is InChI=1S/C19H24N2O3S/c1-3-24-18(23)20-16(22)19(12-6-4-5-7-13-19)21(17(20)25)15-10-8-14(2)9-11-15/h8-11H,3-7,12-13H2,1-2H3. The van der Waals surface area contributed by atoms with Crippen molar-refractivity contribution in [3.63, 3.8) is 0 Å². The Balaban J connectivity index is 2.07. The molecule has 1 heterocycles. The maximum absolute atomic E-state index is 13.3. The zero-order valence-corrected chi connectivity index (χ0v) is 15.6. The molecule has 1 aliphatic heterocycles. The van der Waals surface area contributed by atoms with Gasteiger partial charge in [-0.2, -0.15) is 4.90 Å². The van der Waals surface area contributed by atoms with Crippen LogP contribution in [0, 0.1) is 6.92 Å². The van der Waals surface area contributed by atoms with Gasteiger partial charge in [0.25, 0.3) is 5.91 Å². The summed E-state index contributed by atoms with van der Waals surface area (Å²) in [6, 6.07) is 7.94. The minimum absolute atomic E-state index is 0.211. The van der Waals surface area contributed by atoms with Gasteiger partial charge in [0.05, 0.1) is 6.61 Å². The number of hydrogen-bond acceptors (Lipinski definition) is 4. The first-order chi connectivity index (χ1) is 12.0. The Hall–Kier alpha value is -1.95. The predicted octanol–water partition coefficient (Wildman–Crippen LogP) is 4.18. The number of carbonyl (C=O) groups is 2. The molecule has 0 aromatic heterocycles. The number of hydrogen-bond donors (Lipinski definition) is 0. The first-order valence-electron chi connectivity index (χ1n) is 8.93. The molecule has 134 valence electrons. The third-order valence-corrected chi connectivity index (χ3v) is 5.45. The molecule has 0 radical (unpaired) electrons. The molecule has 2 aliphatic rings. The molecule has 1 aromatic carbocycles. The highest BCUT2D eigenvalue weighted by atomic mass is 32.1. The minimum Gasteiger partial charge on any atom is -0.449 e. The number of nitrogens with zero attached hydrogens (tertiary/aromatic N) is 2. The fourth-order valence-corrected chi connectivity index (χ4v) is 4.26. The number of imide groups is 1. The summed E-state index contributed by atoms with van der Waals surface area (Å²) in [5, 5.41) is 0.231. The summed E-state index contributed by atoms with van der Waals surface area (Å²) in [5.74, 6) is -0.238. The Morgan fingerprint density at radius 3 is 2.32 bits per heavy atom. The molecule has 1 aromatic rings. The fraction of sp³-hybridized carbons (Fsp3) is 0.526. The van der Waals surface area contributed by atoms with Crippen LogP contribution in [0.3, 0.4) is 0 Å². The topological polar surface area (TPSA) is 49.9 Å². The molecular weight excluding hydrogens is 336 g/mol. The Labute approximate surface area is 153 Å². The lowest BCUT2D eigenvalue weighted by Gasteiger charge is -2.35.